The van der Waals surface area contributed by atoms with Crippen molar-refractivity contribution >= 4 is 66.1 Å². The zero-order chi connectivity index (χ0) is 30.5. The largest absolute Gasteiger partial charge is 0.456 e. The Morgan fingerprint density at radius 1 is 0.543 bits per heavy atom. The number of furan rings is 1. The summed E-state index contributed by atoms with van der Waals surface area (Å²) in [4.78, 5) is 2.36. The molecule has 0 atom stereocenters. The summed E-state index contributed by atoms with van der Waals surface area (Å²) in [6.07, 6.45) is 6.26. The van der Waals surface area contributed by atoms with Crippen LogP contribution in [0.25, 0.3) is 60.2 Å². The molecule has 0 radical (unpaired) electrons. The van der Waals surface area contributed by atoms with Gasteiger partial charge in [-0.05, 0) is 87.1 Å². The fraction of sp³-hybridized carbons (Fsp3) is 0.0233. The standard InChI is InChI=1S/C43H30N2O/c1-3-11-29(12-4-1)30-20-21-32-26-35(23-22-31(32)25-30)45(34-14-5-2-6-15-34)39-27-41-43(38-17-8-7-16-37(38)39)42-36(18-9-19-40(42)46-41)33-13-10-24-44-28-33/h1-27,44H,28H2. The molecular weight excluding hydrogens is 560 g/mol. The van der Waals surface area contributed by atoms with Crippen LogP contribution in [0.4, 0.5) is 17.1 Å². The number of anilines is 3. The van der Waals surface area contributed by atoms with Crippen LogP contribution in [0.5, 0.6) is 0 Å². The highest BCUT2D eigenvalue weighted by atomic mass is 16.3. The lowest BCUT2D eigenvalue weighted by Gasteiger charge is -2.27. The first-order valence-corrected chi connectivity index (χ1v) is 15.7. The number of nitrogens with zero attached hydrogens (tertiary/aromatic N) is 1. The Kier molecular flexibility index (Phi) is 6.20. The number of hydrogen-bond donors (Lipinski definition) is 1. The molecule has 0 fully saturated rings. The summed E-state index contributed by atoms with van der Waals surface area (Å²) in [5, 5.41) is 10.4. The van der Waals surface area contributed by atoms with Crippen LogP contribution < -0.4 is 10.2 Å². The number of allylic oxidation sites excluding steroid dienone is 2. The van der Waals surface area contributed by atoms with E-state index >= 15 is 0 Å². The molecule has 0 aliphatic carbocycles. The lowest BCUT2D eigenvalue weighted by Crippen LogP contribution is -2.11. The minimum absolute atomic E-state index is 0.787. The van der Waals surface area contributed by atoms with Gasteiger partial charge in [0.15, 0.2) is 0 Å². The molecule has 2 heterocycles. The van der Waals surface area contributed by atoms with Gasteiger partial charge in [0.2, 0.25) is 0 Å². The highest BCUT2D eigenvalue weighted by Crippen LogP contribution is 2.46. The van der Waals surface area contributed by atoms with Gasteiger partial charge in [0.25, 0.3) is 0 Å². The van der Waals surface area contributed by atoms with Crippen LogP contribution in [0.1, 0.15) is 5.56 Å². The first-order chi connectivity index (χ1) is 22.8. The van der Waals surface area contributed by atoms with Crippen molar-refractivity contribution in [2.24, 2.45) is 0 Å². The molecule has 1 aliphatic heterocycles. The minimum atomic E-state index is 0.787. The second-order valence-electron chi connectivity index (χ2n) is 11.8. The first-order valence-electron chi connectivity index (χ1n) is 15.7. The Morgan fingerprint density at radius 2 is 1.30 bits per heavy atom. The number of dihydropyridines is 1. The average Bonchev–Trinajstić information content (AvgIpc) is 3.52. The van der Waals surface area contributed by atoms with Crippen LogP contribution in [-0.4, -0.2) is 6.54 Å². The van der Waals surface area contributed by atoms with Crippen molar-refractivity contribution in [3.8, 4) is 11.1 Å². The van der Waals surface area contributed by atoms with E-state index in [0.717, 1.165) is 45.5 Å². The fourth-order valence-electron chi connectivity index (χ4n) is 6.95. The SMILES string of the molecule is C1=CNCC(c2cccc3oc4cc(N(c5ccccc5)c5ccc6cc(-c7ccccc7)ccc6c5)c5ccccc5c4c23)=C1. The molecular formula is C43H30N2O. The summed E-state index contributed by atoms with van der Waals surface area (Å²) in [6.45, 7) is 0.787. The third-order valence-corrected chi connectivity index (χ3v) is 9.08. The van der Waals surface area contributed by atoms with E-state index in [1.54, 1.807) is 0 Å². The molecule has 0 unspecified atom stereocenters. The Morgan fingerprint density at radius 3 is 2.13 bits per heavy atom. The third-order valence-electron chi connectivity index (χ3n) is 9.08. The van der Waals surface area contributed by atoms with Gasteiger partial charge in [-0.1, -0.05) is 109 Å². The Bertz CT molecular complexity index is 2470. The van der Waals surface area contributed by atoms with E-state index in [1.807, 2.05) is 6.20 Å². The van der Waals surface area contributed by atoms with E-state index in [9.17, 15) is 0 Å². The predicted octanol–water partition coefficient (Wildman–Crippen LogP) is 11.5. The molecule has 1 N–H and O–H groups in total. The van der Waals surface area contributed by atoms with Crippen LogP contribution in [0.3, 0.4) is 0 Å². The predicted molar refractivity (Wildman–Crippen MR) is 194 cm³/mol. The van der Waals surface area contributed by atoms with Gasteiger partial charge >= 0.3 is 0 Å². The van der Waals surface area contributed by atoms with E-state index in [0.29, 0.717) is 0 Å². The van der Waals surface area contributed by atoms with Crippen molar-refractivity contribution in [2.75, 3.05) is 11.4 Å². The van der Waals surface area contributed by atoms with Crippen molar-refractivity contribution < 1.29 is 4.42 Å². The molecule has 0 spiro atoms. The summed E-state index contributed by atoms with van der Waals surface area (Å²) in [5.74, 6) is 0. The smallest absolute Gasteiger partial charge is 0.138 e. The first kappa shape index (κ1) is 26.4. The van der Waals surface area contributed by atoms with E-state index in [-0.39, 0.29) is 0 Å². The van der Waals surface area contributed by atoms with E-state index in [2.05, 4.69) is 168 Å². The summed E-state index contributed by atoms with van der Waals surface area (Å²) < 4.78 is 6.69. The van der Waals surface area contributed by atoms with Gasteiger partial charge in [-0.2, -0.15) is 0 Å². The topological polar surface area (TPSA) is 28.4 Å². The Hall–Kier alpha value is -6.06. The van der Waals surface area contributed by atoms with Crippen LogP contribution in [0.15, 0.2) is 168 Å². The second-order valence-corrected chi connectivity index (χ2v) is 11.8. The van der Waals surface area contributed by atoms with Gasteiger partial charge in [0.1, 0.15) is 11.2 Å². The number of nitrogens with one attached hydrogen (secondary N) is 1. The summed E-state index contributed by atoms with van der Waals surface area (Å²) >= 11 is 0. The van der Waals surface area contributed by atoms with Crippen LogP contribution in [0.2, 0.25) is 0 Å². The van der Waals surface area contributed by atoms with Gasteiger partial charge in [0, 0.05) is 40.1 Å². The summed E-state index contributed by atoms with van der Waals surface area (Å²) in [5.41, 5.74) is 9.94. The molecule has 3 nitrogen and oxygen atoms in total. The molecule has 46 heavy (non-hydrogen) atoms. The quantitative estimate of drug-likeness (QED) is 0.216. The molecule has 9 rings (SSSR count). The van der Waals surface area contributed by atoms with Crippen LogP contribution in [-0.2, 0) is 0 Å². The van der Waals surface area contributed by atoms with Crippen LogP contribution >= 0.6 is 0 Å². The highest BCUT2D eigenvalue weighted by molar-refractivity contribution is 6.24. The fourth-order valence-corrected chi connectivity index (χ4v) is 6.95. The monoisotopic (exact) mass is 590 g/mol. The molecule has 0 saturated carbocycles. The zero-order valence-corrected chi connectivity index (χ0v) is 25.2. The maximum absolute atomic E-state index is 6.69. The Balaban J connectivity index is 1.27. The summed E-state index contributed by atoms with van der Waals surface area (Å²) in [6, 6.07) is 52.0. The molecule has 8 aromatic rings. The van der Waals surface area contributed by atoms with Crippen molar-refractivity contribution in [1.82, 2.24) is 5.32 Å². The minimum Gasteiger partial charge on any atom is -0.456 e. The normalized spacial score (nSPS) is 12.9. The van der Waals surface area contributed by atoms with E-state index in [1.165, 1.54) is 43.8 Å². The maximum Gasteiger partial charge on any atom is 0.138 e. The van der Waals surface area contributed by atoms with Gasteiger partial charge in [-0.25, -0.2) is 0 Å². The van der Waals surface area contributed by atoms with Crippen molar-refractivity contribution in [3.05, 3.63) is 170 Å². The highest BCUT2D eigenvalue weighted by Gasteiger charge is 2.22. The second kappa shape index (κ2) is 10.8. The van der Waals surface area contributed by atoms with E-state index in [4.69, 9.17) is 4.42 Å². The lowest BCUT2D eigenvalue weighted by atomic mass is 9.95. The number of rotatable bonds is 5. The molecule has 1 aliphatic rings. The van der Waals surface area contributed by atoms with Gasteiger partial charge in [0.05, 0.1) is 5.69 Å². The molecule has 0 saturated heterocycles. The number of para-hydroxylation sites is 1. The van der Waals surface area contributed by atoms with Crippen molar-refractivity contribution in [1.29, 1.82) is 0 Å². The molecule has 7 aromatic carbocycles. The number of hydrogen-bond acceptors (Lipinski definition) is 3. The van der Waals surface area contributed by atoms with E-state index < -0.39 is 0 Å². The molecule has 0 bridgehead atoms. The molecule has 3 heteroatoms. The number of benzene rings is 7. The lowest BCUT2D eigenvalue weighted by molar-refractivity contribution is 0.669. The van der Waals surface area contributed by atoms with Crippen LogP contribution in [0, 0.1) is 0 Å². The van der Waals surface area contributed by atoms with Crippen molar-refractivity contribution in [2.45, 2.75) is 0 Å². The average molecular weight is 591 g/mol. The van der Waals surface area contributed by atoms with Crippen molar-refractivity contribution in [3.63, 3.8) is 0 Å². The maximum atomic E-state index is 6.69. The zero-order valence-electron chi connectivity index (χ0n) is 25.2. The third kappa shape index (κ3) is 4.36. The van der Waals surface area contributed by atoms with Gasteiger partial charge in [-0.15, -0.1) is 0 Å². The molecule has 218 valence electrons. The van der Waals surface area contributed by atoms with Gasteiger partial charge in [-0.3, -0.25) is 0 Å². The Labute approximate surface area is 267 Å². The van der Waals surface area contributed by atoms with Gasteiger partial charge < -0.3 is 14.6 Å². The molecule has 1 aromatic heterocycles. The molecule has 0 amide bonds. The summed E-state index contributed by atoms with van der Waals surface area (Å²) in [7, 11) is 0. The number of fused-ring (bicyclic) bond motifs is 6.